The Morgan fingerprint density at radius 2 is 2.00 bits per heavy atom. The van der Waals surface area contributed by atoms with Crippen molar-refractivity contribution in [2.45, 2.75) is 37.5 Å². The van der Waals surface area contributed by atoms with Crippen LogP contribution in [0.25, 0.3) is 0 Å². The smallest absolute Gasteiger partial charge is 0.151 e. The summed E-state index contributed by atoms with van der Waals surface area (Å²) in [5, 5.41) is 9.26. The lowest BCUT2D eigenvalue weighted by Crippen LogP contribution is -2.35. The summed E-state index contributed by atoms with van der Waals surface area (Å²) in [5.41, 5.74) is -1.22. The first-order valence-electron chi connectivity index (χ1n) is 3.49. The highest BCUT2D eigenvalue weighted by Crippen LogP contribution is 2.27. The first-order valence-corrected chi connectivity index (χ1v) is 3.49. The molecule has 0 unspecified atom stereocenters. The molecule has 2 nitrogen and oxygen atoms in total. The van der Waals surface area contributed by atoms with Crippen LogP contribution < -0.4 is 0 Å². The monoisotopic (exact) mass is 146 g/mol. The van der Waals surface area contributed by atoms with Gasteiger partial charge in [-0.2, -0.15) is 0 Å². The lowest BCUT2D eigenvalue weighted by atomic mass is 9.85. The van der Waals surface area contributed by atoms with Gasteiger partial charge >= 0.3 is 0 Å². The predicted octanol–water partition coefficient (Wildman–Crippen LogP) is 0.829. The molecular formula is C7H11FO2. The molecule has 1 aliphatic rings. The minimum Gasteiger partial charge on any atom is -0.382 e. The molecule has 0 radical (unpaired) electrons. The molecule has 0 aromatic rings. The Kier molecular flexibility index (Phi) is 2.04. The van der Waals surface area contributed by atoms with E-state index in [9.17, 15) is 14.3 Å². The maximum absolute atomic E-state index is 12.4. The van der Waals surface area contributed by atoms with Crippen LogP contribution in [0.5, 0.6) is 0 Å². The molecule has 1 N–H and O–H groups in total. The Hall–Kier alpha value is -0.440. The minimum atomic E-state index is -1.22. The molecule has 0 bridgehead atoms. The number of carbonyl (C=O) groups is 1. The maximum Gasteiger partial charge on any atom is 0.151 e. The van der Waals surface area contributed by atoms with E-state index in [-0.39, 0.29) is 12.8 Å². The summed E-state index contributed by atoms with van der Waals surface area (Å²) in [4.78, 5) is 10.2. The zero-order valence-electron chi connectivity index (χ0n) is 5.72. The lowest BCUT2D eigenvalue weighted by molar-refractivity contribution is -0.128. The molecule has 0 aliphatic heterocycles. The number of carbonyl (C=O) groups excluding carboxylic acids is 1. The molecule has 1 rings (SSSR count). The number of aliphatic hydroxyl groups is 1. The van der Waals surface area contributed by atoms with Crippen molar-refractivity contribution in [3.05, 3.63) is 0 Å². The topological polar surface area (TPSA) is 37.3 Å². The van der Waals surface area contributed by atoms with E-state index in [1.807, 2.05) is 0 Å². The van der Waals surface area contributed by atoms with Gasteiger partial charge in [-0.15, -0.1) is 0 Å². The fourth-order valence-corrected chi connectivity index (χ4v) is 1.20. The largest absolute Gasteiger partial charge is 0.382 e. The summed E-state index contributed by atoms with van der Waals surface area (Å²) in [7, 11) is 0. The van der Waals surface area contributed by atoms with Crippen molar-refractivity contribution in [3.63, 3.8) is 0 Å². The van der Waals surface area contributed by atoms with E-state index in [0.29, 0.717) is 19.1 Å². The lowest BCUT2D eigenvalue weighted by Gasteiger charge is -2.27. The van der Waals surface area contributed by atoms with Crippen LogP contribution in [0.15, 0.2) is 0 Å². The fraction of sp³-hybridized carbons (Fsp3) is 0.857. The van der Waals surface area contributed by atoms with Crippen molar-refractivity contribution >= 4 is 6.29 Å². The number of halogens is 1. The Morgan fingerprint density at radius 1 is 1.50 bits per heavy atom. The van der Waals surface area contributed by atoms with Gasteiger partial charge in [0.15, 0.2) is 6.29 Å². The van der Waals surface area contributed by atoms with Gasteiger partial charge in [0.25, 0.3) is 0 Å². The third-order valence-electron chi connectivity index (χ3n) is 2.00. The van der Waals surface area contributed by atoms with Crippen LogP contribution in [0.3, 0.4) is 0 Å². The molecule has 0 amide bonds. The van der Waals surface area contributed by atoms with Gasteiger partial charge in [0.1, 0.15) is 11.8 Å². The summed E-state index contributed by atoms with van der Waals surface area (Å²) < 4.78 is 12.4. The predicted molar refractivity (Wildman–Crippen MR) is 34.4 cm³/mol. The first kappa shape index (κ1) is 7.66. The van der Waals surface area contributed by atoms with Crippen LogP contribution in [0.1, 0.15) is 25.7 Å². The van der Waals surface area contributed by atoms with Gasteiger partial charge in [-0.3, -0.25) is 0 Å². The van der Waals surface area contributed by atoms with E-state index in [1.165, 1.54) is 0 Å². The van der Waals surface area contributed by atoms with Crippen LogP contribution in [-0.2, 0) is 4.79 Å². The van der Waals surface area contributed by atoms with Gasteiger partial charge in [-0.25, -0.2) is 4.39 Å². The minimum absolute atomic E-state index is 0.275. The quantitative estimate of drug-likeness (QED) is 0.556. The second-order valence-corrected chi connectivity index (χ2v) is 2.90. The Morgan fingerprint density at radius 3 is 2.40 bits per heavy atom. The third kappa shape index (κ3) is 1.53. The van der Waals surface area contributed by atoms with Gasteiger partial charge < -0.3 is 9.90 Å². The molecule has 10 heavy (non-hydrogen) atoms. The van der Waals surface area contributed by atoms with Crippen LogP contribution in [0, 0.1) is 0 Å². The van der Waals surface area contributed by atoms with Gasteiger partial charge in [-0.05, 0) is 25.7 Å². The van der Waals surface area contributed by atoms with Gasteiger partial charge in [0.2, 0.25) is 0 Å². The molecule has 0 spiro atoms. The molecule has 0 heterocycles. The van der Waals surface area contributed by atoms with E-state index in [2.05, 4.69) is 0 Å². The van der Waals surface area contributed by atoms with Crippen LogP contribution >= 0.6 is 0 Å². The second-order valence-electron chi connectivity index (χ2n) is 2.90. The molecular weight excluding hydrogens is 135 g/mol. The zero-order valence-corrected chi connectivity index (χ0v) is 5.72. The van der Waals surface area contributed by atoms with Crippen molar-refractivity contribution in [1.29, 1.82) is 0 Å². The molecule has 0 saturated heterocycles. The molecule has 1 saturated carbocycles. The molecule has 58 valence electrons. The summed E-state index contributed by atoms with van der Waals surface area (Å²) >= 11 is 0. The summed E-state index contributed by atoms with van der Waals surface area (Å²) in [6.07, 6.45) is 0.888. The van der Waals surface area contributed by atoms with E-state index in [1.54, 1.807) is 0 Å². The van der Waals surface area contributed by atoms with Crippen LogP contribution in [0.2, 0.25) is 0 Å². The number of rotatable bonds is 1. The molecule has 3 heteroatoms. The van der Waals surface area contributed by atoms with E-state index in [4.69, 9.17) is 0 Å². The zero-order chi connectivity index (χ0) is 7.61. The number of hydrogen-bond donors (Lipinski definition) is 1. The van der Waals surface area contributed by atoms with Gasteiger partial charge in [0, 0.05) is 0 Å². The van der Waals surface area contributed by atoms with E-state index >= 15 is 0 Å². The SMILES string of the molecule is O=C[C@]1(O)CC[C@@H](F)CC1. The van der Waals surface area contributed by atoms with Crippen molar-refractivity contribution in [2.24, 2.45) is 0 Å². The summed E-state index contributed by atoms with van der Waals surface area (Å²) in [5.74, 6) is 0. The first-order chi connectivity index (χ1) is 4.66. The molecule has 1 aliphatic carbocycles. The van der Waals surface area contributed by atoms with Crippen molar-refractivity contribution in [1.82, 2.24) is 0 Å². The standard InChI is InChI=1S/C7H11FO2/c8-6-1-3-7(10,5-9)4-2-6/h5-6,10H,1-4H2/t6-,7+. The summed E-state index contributed by atoms with van der Waals surface area (Å²) in [6.45, 7) is 0. The second kappa shape index (κ2) is 2.66. The Balaban J connectivity index is 2.46. The normalized spacial score (nSPS) is 41.2. The molecule has 0 aromatic carbocycles. The van der Waals surface area contributed by atoms with Gasteiger partial charge in [0.05, 0.1) is 0 Å². The average Bonchev–Trinajstić information content (AvgIpc) is 1.96. The molecule has 0 atom stereocenters. The Bertz CT molecular complexity index is 128. The van der Waals surface area contributed by atoms with Gasteiger partial charge in [-0.1, -0.05) is 0 Å². The average molecular weight is 146 g/mol. The van der Waals surface area contributed by atoms with E-state index in [0.717, 1.165) is 0 Å². The van der Waals surface area contributed by atoms with Crippen molar-refractivity contribution in [2.75, 3.05) is 0 Å². The highest BCUT2D eigenvalue weighted by atomic mass is 19.1. The van der Waals surface area contributed by atoms with Crippen molar-refractivity contribution < 1.29 is 14.3 Å². The molecule has 1 fully saturated rings. The highest BCUT2D eigenvalue weighted by molar-refractivity contribution is 5.62. The number of hydrogen-bond acceptors (Lipinski definition) is 2. The van der Waals surface area contributed by atoms with Crippen LogP contribution in [0.4, 0.5) is 4.39 Å². The highest BCUT2D eigenvalue weighted by Gasteiger charge is 2.32. The maximum atomic E-state index is 12.4. The number of alkyl halides is 1. The van der Waals surface area contributed by atoms with E-state index < -0.39 is 11.8 Å². The van der Waals surface area contributed by atoms with Crippen LogP contribution in [-0.4, -0.2) is 23.2 Å². The number of aldehydes is 1. The van der Waals surface area contributed by atoms with Crippen molar-refractivity contribution in [3.8, 4) is 0 Å². The Labute approximate surface area is 59.0 Å². The summed E-state index contributed by atoms with van der Waals surface area (Å²) in [6, 6.07) is 0. The third-order valence-corrected chi connectivity index (χ3v) is 2.00. The molecule has 0 aromatic heterocycles. The fourth-order valence-electron chi connectivity index (χ4n) is 1.20.